The zero-order valence-corrected chi connectivity index (χ0v) is 18.2. The van der Waals surface area contributed by atoms with E-state index in [0.717, 1.165) is 11.3 Å². The Morgan fingerprint density at radius 3 is 2.76 bits per heavy atom. The van der Waals surface area contributed by atoms with Crippen molar-refractivity contribution in [2.75, 3.05) is 5.32 Å². The third kappa shape index (κ3) is 4.59. The molecule has 0 spiro atoms. The number of para-hydroxylation sites is 1. The SMILES string of the molecule is O=[N+]([O-])c1ccc(/C=C/C2Nc3ccccc3-c3nnc(SCc4ccccc4F)nc3O2)o1. The highest BCUT2D eigenvalue weighted by molar-refractivity contribution is 7.98. The Morgan fingerprint density at radius 1 is 1.12 bits per heavy atom. The van der Waals surface area contributed by atoms with Crippen LogP contribution in [0.1, 0.15) is 11.3 Å². The number of hydrogen-bond donors (Lipinski definition) is 1. The van der Waals surface area contributed by atoms with Gasteiger partial charge in [-0.3, -0.25) is 10.1 Å². The minimum Gasteiger partial charge on any atom is -0.448 e. The van der Waals surface area contributed by atoms with Gasteiger partial charge in [-0.15, -0.1) is 10.2 Å². The van der Waals surface area contributed by atoms with Crippen LogP contribution in [0.2, 0.25) is 0 Å². The lowest BCUT2D eigenvalue weighted by atomic mass is 10.1. The molecule has 0 saturated heterocycles. The van der Waals surface area contributed by atoms with Gasteiger partial charge in [0.2, 0.25) is 11.0 Å². The molecule has 2 aromatic carbocycles. The van der Waals surface area contributed by atoms with E-state index >= 15 is 0 Å². The lowest BCUT2D eigenvalue weighted by Crippen LogP contribution is -2.23. The van der Waals surface area contributed by atoms with Crippen LogP contribution in [-0.2, 0) is 5.75 Å². The van der Waals surface area contributed by atoms with E-state index in [1.54, 1.807) is 30.4 Å². The van der Waals surface area contributed by atoms with Gasteiger partial charge in [-0.2, -0.15) is 4.98 Å². The first kappa shape index (κ1) is 21.6. The molecule has 0 aliphatic carbocycles. The Labute approximate surface area is 196 Å². The number of nitro groups is 1. The van der Waals surface area contributed by atoms with Gasteiger partial charge >= 0.3 is 5.88 Å². The van der Waals surface area contributed by atoms with Gasteiger partial charge in [0, 0.05) is 17.0 Å². The van der Waals surface area contributed by atoms with E-state index < -0.39 is 11.2 Å². The first-order valence-corrected chi connectivity index (χ1v) is 11.1. The van der Waals surface area contributed by atoms with E-state index in [1.807, 2.05) is 24.3 Å². The summed E-state index contributed by atoms with van der Waals surface area (Å²) in [5.74, 6) is 0.247. The fraction of sp³-hybridized carbons (Fsp3) is 0.0870. The predicted molar refractivity (Wildman–Crippen MR) is 124 cm³/mol. The van der Waals surface area contributed by atoms with Crippen molar-refractivity contribution in [1.29, 1.82) is 0 Å². The van der Waals surface area contributed by atoms with Crippen LogP contribution in [0.4, 0.5) is 16.0 Å². The van der Waals surface area contributed by atoms with Crippen molar-refractivity contribution in [3.05, 3.63) is 94.0 Å². The van der Waals surface area contributed by atoms with Crippen LogP contribution in [0.25, 0.3) is 17.3 Å². The summed E-state index contributed by atoms with van der Waals surface area (Å²) in [6.45, 7) is 0. The van der Waals surface area contributed by atoms with Crippen LogP contribution < -0.4 is 10.1 Å². The van der Waals surface area contributed by atoms with Gasteiger partial charge in [0.25, 0.3) is 0 Å². The molecule has 1 aliphatic rings. The Morgan fingerprint density at radius 2 is 1.94 bits per heavy atom. The molecule has 2 aromatic heterocycles. The molecule has 0 fully saturated rings. The molecule has 1 atom stereocenters. The summed E-state index contributed by atoms with van der Waals surface area (Å²) < 4.78 is 25.2. The highest BCUT2D eigenvalue weighted by Gasteiger charge is 2.24. The third-order valence-corrected chi connectivity index (χ3v) is 5.78. The van der Waals surface area contributed by atoms with Gasteiger partial charge in [0.1, 0.15) is 16.5 Å². The van der Waals surface area contributed by atoms with Crippen molar-refractivity contribution < 1.29 is 18.5 Å². The number of halogens is 1. The van der Waals surface area contributed by atoms with Gasteiger partial charge in [-0.05, 0) is 35.9 Å². The summed E-state index contributed by atoms with van der Waals surface area (Å²) in [5.41, 5.74) is 2.51. The van der Waals surface area contributed by atoms with Crippen molar-refractivity contribution in [3.8, 4) is 17.1 Å². The summed E-state index contributed by atoms with van der Waals surface area (Å²) in [5, 5.41) is 22.9. The van der Waals surface area contributed by atoms with Crippen LogP contribution in [0.5, 0.6) is 5.88 Å². The van der Waals surface area contributed by atoms with Gasteiger partial charge in [-0.1, -0.05) is 48.2 Å². The fourth-order valence-corrected chi connectivity index (χ4v) is 4.05. The monoisotopic (exact) mass is 477 g/mol. The van der Waals surface area contributed by atoms with Crippen LogP contribution in [-0.4, -0.2) is 26.3 Å². The Kier molecular flexibility index (Phi) is 5.91. The second-order valence-corrected chi connectivity index (χ2v) is 8.09. The number of furan rings is 1. The van der Waals surface area contributed by atoms with E-state index in [9.17, 15) is 14.5 Å². The standard InChI is InChI=1S/C23H16FN5O4S/c24-17-7-3-1-5-14(17)13-34-23-26-22-21(27-28-23)16-6-2-4-8-18(16)25-19(33-22)11-9-15-10-12-20(32-15)29(30)31/h1-12,19,25H,13H2/b11-9+. The third-order valence-electron chi connectivity index (χ3n) is 4.90. The number of nitrogens with zero attached hydrogens (tertiary/aromatic N) is 4. The molecule has 9 nitrogen and oxygen atoms in total. The van der Waals surface area contributed by atoms with Gasteiger partial charge < -0.3 is 14.5 Å². The topological polar surface area (TPSA) is 116 Å². The number of fused-ring (bicyclic) bond motifs is 3. The summed E-state index contributed by atoms with van der Waals surface area (Å²) >= 11 is 1.24. The van der Waals surface area contributed by atoms with Crippen LogP contribution in [0.15, 0.2) is 76.3 Å². The second-order valence-electron chi connectivity index (χ2n) is 7.15. The molecule has 4 aromatic rings. The van der Waals surface area contributed by atoms with Gasteiger partial charge in [0.05, 0.1) is 6.07 Å². The maximum atomic E-state index is 14.0. The normalized spacial score (nSPS) is 14.6. The number of ether oxygens (including phenoxy) is 1. The molecule has 3 heterocycles. The van der Waals surface area contributed by atoms with Gasteiger partial charge in [0.15, 0.2) is 11.9 Å². The van der Waals surface area contributed by atoms with Crippen molar-refractivity contribution in [3.63, 3.8) is 0 Å². The first-order valence-electron chi connectivity index (χ1n) is 10.1. The number of hydrogen-bond acceptors (Lipinski definition) is 9. The summed E-state index contributed by atoms with van der Waals surface area (Å²) in [6, 6.07) is 16.8. The van der Waals surface area contributed by atoms with E-state index in [0.29, 0.717) is 27.9 Å². The molecular formula is C23H16FN5O4S. The average Bonchev–Trinajstić information content (AvgIpc) is 3.26. The van der Waals surface area contributed by atoms with Crippen molar-refractivity contribution >= 4 is 29.4 Å². The zero-order valence-electron chi connectivity index (χ0n) is 17.4. The number of aromatic nitrogens is 3. The number of rotatable bonds is 6. The minimum atomic E-state index is -0.673. The predicted octanol–water partition coefficient (Wildman–Crippen LogP) is 5.32. The molecule has 1 aliphatic heterocycles. The molecule has 5 rings (SSSR count). The van der Waals surface area contributed by atoms with E-state index in [2.05, 4.69) is 20.5 Å². The number of nitrogens with one attached hydrogen (secondary N) is 1. The molecule has 1 unspecified atom stereocenters. The fourth-order valence-electron chi connectivity index (χ4n) is 3.29. The molecule has 0 amide bonds. The molecule has 0 radical (unpaired) electrons. The molecule has 0 bridgehead atoms. The average molecular weight is 477 g/mol. The molecule has 170 valence electrons. The van der Waals surface area contributed by atoms with Crippen LogP contribution >= 0.6 is 11.8 Å². The molecular weight excluding hydrogens is 461 g/mol. The number of anilines is 1. The van der Waals surface area contributed by atoms with E-state index in [1.165, 1.54) is 30.0 Å². The van der Waals surface area contributed by atoms with Crippen LogP contribution in [0, 0.1) is 15.9 Å². The Hall–Kier alpha value is -4.25. The summed E-state index contributed by atoms with van der Waals surface area (Å²) in [6.07, 6.45) is 2.55. The van der Waals surface area contributed by atoms with E-state index in [-0.39, 0.29) is 17.6 Å². The Balaban J connectivity index is 1.42. The lowest BCUT2D eigenvalue weighted by Gasteiger charge is -2.15. The largest absolute Gasteiger partial charge is 0.448 e. The van der Waals surface area contributed by atoms with Gasteiger partial charge in [-0.25, -0.2) is 4.39 Å². The quantitative estimate of drug-likeness (QED) is 0.224. The van der Waals surface area contributed by atoms with E-state index in [4.69, 9.17) is 9.15 Å². The van der Waals surface area contributed by atoms with Crippen molar-refractivity contribution in [2.45, 2.75) is 17.1 Å². The first-order chi connectivity index (χ1) is 16.6. The smallest absolute Gasteiger partial charge is 0.433 e. The summed E-state index contributed by atoms with van der Waals surface area (Å²) in [7, 11) is 0. The maximum absolute atomic E-state index is 14.0. The lowest BCUT2D eigenvalue weighted by molar-refractivity contribution is -0.402. The maximum Gasteiger partial charge on any atom is 0.433 e. The highest BCUT2D eigenvalue weighted by atomic mass is 32.2. The minimum absolute atomic E-state index is 0.253. The Bertz CT molecular complexity index is 1390. The van der Waals surface area contributed by atoms with Crippen LogP contribution in [0.3, 0.4) is 0 Å². The zero-order chi connectivity index (χ0) is 23.5. The van der Waals surface area contributed by atoms with Crippen molar-refractivity contribution in [2.24, 2.45) is 0 Å². The molecule has 1 N–H and O–H groups in total. The molecule has 34 heavy (non-hydrogen) atoms. The molecule has 11 heteroatoms. The second kappa shape index (κ2) is 9.32. The molecule has 0 saturated carbocycles. The number of thioether (sulfide) groups is 1. The number of benzene rings is 2. The van der Waals surface area contributed by atoms with Crippen molar-refractivity contribution in [1.82, 2.24) is 15.2 Å². The highest BCUT2D eigenvalue weighted by Crippen LogP contribution is 2.36. The summed E-state index contributed by atoms with van der Waals surface area (Å²) in [4.78, 5) is 14.7.